The summed E-state index contributed by atoms with van der Waals surface area (Å²) >= 11 is 7.62. The molecule has 0 radical (unpaired) electrons. The molecule has 0 heterocycles. The van der Waals surface area contributed by atoms with E-state index < -0.39 is 0 Å². The fraction of sp³-hybridized carbons (Fsp3) is 0.529. The van der Waals surface area contributed by atoms with Gasteiger partial charge in [-0.3, -0.25) is 9.59 Å². The molecule has 2 amide bonds. The number of benzene rings is 1. The maximum Gasteiger partial charge on any atom is 0.253 e. The highest BCUT2D eigenvalue weighted by Gasteiger charge is 2.17. The molecule has 1 rings (SSSR count). The average molecular weight is 357 g/mol. The Bertz CT molecular complexity index is 537. The van der Waals surface area contributed by atoms with Crippen LogP contribution in [0.5, 0.6) is 0 Å². The largest absolute Gasteiger partial charge is 0.352 e. The van der Waals surface area contributed by atoms with Crippen molar-refractivity contribution in [2.24, 2.45) is 0 Å². The summed E-state index contributed by atoms with van der Waals surface area (Å²) in [4.78, 5) is 24.5. The molecule has 1 aromatic rings. The first-order valence-corrected chi connectivity index (χ1v) is 9.42. The van der Waals surface area contributed by atoms with E-state index in [1.807, 2.05) is 13.8 Å². The van der Waals surface area contributed by atoms with Gasteiger partial charge < -0.3 is 10.6 Å². The van der Waals surface area contributed by atoms with Crippen LogP contribution in [-0.2, 0) is 4.79 Å². The summed E-state index contributed by atoms with van der Waals surface area (Å²) in [5, 5.41) is 5.96. The van der Waals surface area contributed by atoms with Gasteiger partial charge in [-0.2, -0.15) is 0 Å². The molecule has 0 aliphatic carbocycles. The second-order valence-electron chi connectivity index (χ2n) is 5.30. The zero-order chi connectivity index (χ0) is 17.2. The summed E-state index contributed by atoms with van der Waals surface area (Å²) in [5.41, 5.74) is 0.890. The Kier molecular flexibility index (Phi) is 9.10. The fourth-order valence-corrected chi connectivity index (χ4v) is 3.06. The first kappa shape index (κ1) is 19.8. The van der Waals surface area contributed by atoms with Crippen LogP contribution >= 0.6 is 23.4 Å². The number of rotatable bonds is 9. The Morgan fingerprint density at radius 1 is 1.26 bits per heavy atom. The van der Waals surface area contributed by atoms with Crippen LogP contribution in [0.15, 0.2) is 18.2 Å². The number of hydrogen-bond donors (Lipinski definition) is 2. The molecule has 0 aliphatic rings. The minimum absolute atomic E-state index is 0.113. The van der Waals surface area contributed by atoms with E-state index in [-0.39, 0.29) is 17.1 Å². The standard InChI is InChI=1S/C17H25ClN2O2S/c1-4-6-10-23-12(3)16(21)20-15-11-13(18)7-8-14(15)17(22)19-9-5-2/h7-8,11-12H,4-6,9-10H2,1-3H3,(H,19,22)(H,20,21). The van der Waals surface area contributed by atoms with E-state index in [4.69, 9.17) is 11.6 Å². The van der Waals surface area contributed by atoms with E-state index >= 15 is 0 Å². The van der Waals surface area contributed by atoms with Crippen LogP contribution in [0.4, 0.5) is 5.69 Å². The topological polar surface area (TPSA) is 58.2 Å². The lowest BCUT2D eigenvalue weighted by Gasteiger charge is -2.15. The van der Waals surface area contributed by atoms with Crippen LogP contribution in [0.1, 0.15) is 50.4 Å². The van der Waals surface area contributed by atoms with Gasteiger partial charge in [0.05, 0.1) is 16.5 Å². The summed E-state index contributed by atoms with van der Waals surface area (Å²) in [7, 11) is 0. The third kappa shape index (κ3) is 6.83. The van der Waals surface area contributed by atoms with Gasteiger partial charge in [-0.15, -0.1) is 11.8 Å². The average Bonchev–Trinajstić information content (AvgIpc) is 2.52. The molecule has 0 spiro atoms. The smallest absolute Gasteiger partial charge is 0.253 e. The van der Waals surface area contributed by atoms with E-state index in [1.54, 1.807) is 30.0 Å². The maximum absolute atomic E-state index is 12.3. The Morgan fingerprint density at radius 2 is 2.00 bits per heavy atom. The van der Waals surface area contributed by atoms with Crippen LogP contribution in [0.2, 0.25) is 5.02 Å². The molecule has 6 heteroatoms. The molecule has 128 valence electrons. The molecule has 0 saturated carbocycles. The van der Waals surface area contributed by atoms with Gasteiger partial charge >= 0.3 is 0 Å². The number of amides is 2. The number of carbonyl (C=O) groups is 2. The van der Waals surface area contributed by atoms with Crippen molar-refractivity contribution < 1.29 is 9.59 Å². The quantitative estimate of drug-likeness (QED) is 0.647. The number of anilines is 1. The third-order valence-corrected chi connectivity index (χ3v) is 4.73. The number of hydrogen-bond acceptors (Lipinski definition) is 3. The lowest BCUT2D eigenvalue weighted by Crippen LogP contribution is -2.28. The van der Waals surface area contributed by atoms with Crippen molar-refractivity contribution in [3.63, 3.8) is 0 Å². The van der Waals surface area contributed by atoms with Crippen LogP contribution in [0.25, 0.3) is 0 Å². The van der Waals surface area contributed by atoms with Gasteiger partial charge in [0.15, 0.2) is 0 Å². The SMILES string of the molecule is CCCCSC(C)C(=O)Nc1cc(Cl)ccc1C(=O)NCCC. The van der Waals surface area contributed by atoms with Gasteiger partial charge in [-0.25, -0.2) is 0 Å². The lowest BCUT2D eigenvalue weighted by molar-refractivity contribution is -0.115. The van der Waals surface area contributed by atoms with Crippen molar-refractivity contribution in [1.29, 1.82) is 0 Å². The maximum atomic E-state index is 12.3. The first-order valence-electron chi connectivity index (χ1n) is 7.99. The highest BCUT2D eigenvalue weighted by molar-refractivity contribution is 8.00. The minimum atomic E-state index is -0.204. The van der Waals surface area contributed by atoms with Crippen molar-refractivity contribution >= 4 is 40.9 Å². The number of unbranched alkanes of at least 4 members (excludes halogenated alkanes) is 1. The predicted molar refractivity (Wildman–Crippen MR) is 99.5 cm³/mol. The highest BCUT2D eigenvalue weighted by atomic mass is 35.5. The molecular weight excluding hydrogens is 332 g/mol. The summed E-state index contributed by atoms with van der Waals surface area (Å²) < 4.78 is 0. The second-order valence-corrected chi connectivity index (χ2v) is 7.19. The van der Waals surface area contributed by atoms with E-state index in [9.17, 15) is 9.59 Å². The number of carbonyl (C=O) groups excluding carboxylic acids is 2. The number of halogens is 1. The predicted octanol–water partition coefficient (Wildman–Crippen LogP) is 4.34. The van der Waals surface area contributed by atoms with E-state index in [0.717, 1.165) is 25.0 Å². The molecule has 0 fully saturated rings. The molecule has 1 unspecified atom stereocenters. The molecular formula is C17H25ClN2O2S. The number of thioether (sulfide) groups is 1. The minimum Gasteiger partial charge on any atom is -0.352 e. The molecule has 1 atom stereocenters. The lowest BCUT2D eigenvalue weighted by atomic mass is 10.1. The Hall–Kier alpha value is -1.20. The Balaban J connectivity index is 2.79. The van der Waals surface area contributed by atoms with Crippen molar-refractivity contribution in [3.05, 3.63) is 28.8 Å². The monoisotopic (exact) mass is 356 g/mol. The van der Waals surface area contributed by atoms with Crippen LogP contribution in [-0.4, -0.2) is 29.4 Å². The van der Waals surface area contributed by atoms with Gasteiger partial charge in [0.2, 0.25) is 5.91 Å². The molecule has 0 aromatic heterocycles. The van der Waals surface area contributed by atoms with Gasteiger partial charge in [-0.1, -0.05) is 31.9 Å². The van der Waals surface area contributed by atoms with E-state index in [0.29, 0.717) is 22.8 Å². The van der Waals surface area contributed by atoms with E-state index in [1.165, 1.54) is 0 Å². The van der Waals surface area contributed by atoms with Gasteiger partial charge in [0, 0.05) is 11.6 Å². The molecule has 0 saturated heterocycles. The zero-order valence-electron chi connectivity index (χ0n) is 13.9. The van der Waals surface area contributed by atoms with Crippen LogP contribution in [0.3, 0.4) is 0 Å². The van der Waals surface area contributed by atoms with Crippen LogP contribution < -0.4 is 10.6 Å². The summed E-state index contributed by atoms with van der Waals surface area (Å²) in [5.74, 6) is 0.632. The summed E-state index contributed by atoms with van der Waals surface area (Å²) in [6.45, 7) is 6.58. The van der Waals surface area contributed by atoms with Crippen molar-refractivity contribution in [1.82, 2.24) is 5.32 Å². The highest BCUT2D eigenvalue weighted by Crippen LogP contribution is 2.23. The Morgan fingerprint density at radius 3 is 2.65 bits per heavy atom. The van der Waals surface area contributed by atoms with Gasteiger partial charge in [-0.05, 0) is 43.7 Å². The number of nitrogens with one attached hydrogen (secondary N) is 2. The fourth-order valence-electron chi connectivity index (χ4n) is 1.87. The molecule has 0 aliphatic heterocycles. The molecule has 4 nitrogen and oxygen atoms in total. The molecule has 23 heavy (non-hydrogen) atoms. The van der Waals surface area contributed by atoms with Gasteiger partial charge in [0.25, 0.3) is 5.91 Å². The Labute approximate surface area is 147 Å². The van der Waals surface area contributed by atoms with E-state index in [2.05, 4.69) is 17.6 Å². The van der Waals surface area contributed by atoms with Gasteiger partial charge in [0.1, 0.15) is 0 Å². The summed E-state index contributed by atoms with van der Waals surface area (Å²) in [6.07, 6.45) is 3.05. The second kappa shape index (κ2) is 10.6. The first-order chi connectivity index (χ1) is 11.0. The van der Waals surface area contributed by atoms with Crippen molar-refractivity contribution in [3.8, 4) is 0 Å². The molecule has 0 bridgehead atoms. The van der Waals surface area contributed by atoms with Crippen LogP contribution in [0, 0.1) is 0 Å². The normalized spacial score (nSPS) is 11.8. The summed E-state index contributed by atoms with van der Waals surface area (Å²) in [6, 6.07) is 4.90. The molecule has 1 aromatic carbocycles. The van der Waals surface area contributed by atoms with Crippen molar-refractivity contribution in [2.45, 2.75) is 45.3 Å². The molecule has 2 N–H and O–H groups in total. The van der Waals surface area contributed by atoms with Crippen molar-refractivity contribution in [2.75, 3.05) is 17.6 Å². The third-order valence-electron chi connectivity index (χ3n) is 3.25. The zero-order valence-corrected chi connectivity index (χ0v) is 15.5.